The van der Waals surface area contributed by atoms with Crippen LogP contribution in [0.15, 0.2) is 18.2 Å². The smallest absolute Gasteiger partial charge is 0.127 e. The number of hydrogen-bond acceptors (Lipinski definition) is 3. The maximum atomic E-state index is 13.9. The first-order chi connectivity index (χ1) is 9.78. The van der Waals surface area contributed by atoms with Gasteiger partial charge in [-0.1, -0.05) is 12.8 Å². The summed E-state index contributed by atoms with van der Waals surface area (Å²) in [5.74, 6) is -0.220. The van der Waals surface area contributed by atoms with Gasteiger partial charge in [0.1, 0.15) is 5.82 Å². The molecule has 1 aliphatic heterocycles. The topological polar surface area (TPSA) is 36.3 Å². The van der Waals surface area contributed by atoms with E-state index >= 15 is 0 Å². The zero-order chi connectivity index (χ0) is 13.9. The molecule has 1 heterocycles. The summed E-state index contributed by atoms with van der Waals surface area (Å²) in [6.07, 6.45) is 5.00. The fourth-order valence-electron chi connectivity index (χ4n) is 3.36. The van der Waals surface area contributed by atoms with Crippen molar-refractivity contribution in [2.75, 3.05) is 13.2 Å². The van der Waals surface area contributed by atoms with E-state index < -0.39 is 0 Å². The van der Waals surface area contributed by atoms with Crippen molar-refractivity contribution in [3.8, 4) is 6.07 Å². The monoisotopic (exact) mass is 274 g/mol. The van der Waals surface area contributed by atoms with Gasteiger partial charge in [0.15, 0.2) is 0 Å². The maximum absolute atomic E-state index is 13.9. The molecule has 1 aromatic rings. The summed E-state index contributed by atoms with van der Waals surface area (Å²) in [6.45, 7) is 2.14. The van der Waals surface area contributed by atoms with Crippen molar-refractivity contribution < 1.29 is 9.13 Å². The Morgan fingerprint density at radius 3 is 3.05 bits per heavy atom. The van der Waals surface area contributed by atoms with Gasteiger partial charge in [-0.3, -0.25) is 4.90 Å². The van der Waals surface area contributed by atoms with Gasteiger partial charge in [-0.05, 0) is 31.0 Å². The van der Waals surface area contributed by atoms with Crippen LogP contribution in [0.25, 0.3) is 0 Å². The van der Waals surface area contributed by atoms with Crippen LogP contribution in [0.3, 0.4) is 0 Å². The van der Waals surface area contributed by atoms with Gasteiger partial charge in [-0.15, -0.1) is 0 Å². The Hall–Kier alpha value is -1.44. The van der Waals surface area contributed by atoms with Crippen LogP contribution >= 0.6 is 0 Å². The molecule has 3 rings (SSSR count). The number of nitriles is 1. The lowest BCUT2D eigenvalue weighted by Gasteiger charge is -2.43. The largest absolute Gasteiger partial charge is 0.375 e. The van der Waals surface area contributed by atoms with E-state index in [1.54, 1.807) is 6.07 Å². The molecule has 4 heteroatoms. The first-order valence-electron chi connectivity index (χ1n) is 7.32. The molecule has 1 saturated carbocycles. The number of fused-ring (bicyclic) bond motifs is 1. The molecule has 2 atom stereocenters. The number of nitrogens with zero attached hydrogens (tertiary/aromatic N) is 2. The van der Waals surface area contributed by atoms with E-state index in [-0.39, 0.29) is 5.82 Å². The number of benzene rings is 1. The number of halogens is 1. The summed E-state index contributed by atoms with van der Waals surface area (Å²) in [7, 11) is 0. The highest BCUT2D eigenvalue weighted by molar-refractivity contribution is 5.33. The van der Waals surface area contributed by atoms with Gasteiger partial charge >= 0.3 is 0 Å². The van der Waals surface area contributed by atoms with Crippen molar-refractivity contribution >= 4 is 0 Å². The van der Waals surface area contributed by atoms with Crippen LogP contribution in [0.2, 0.25) is 0 Å². The van der Waals surface area contributed by atoms with Crippen molar-refractivity contribution in [1.29, 1.82) is 5.26 Å². The van der Waals surface area contributed by atoms with Crippen molar-refractivity contribution in [2.24, 2.45) is 0 Å². The molecule has 0 unspecified atom stereocenters. The molecule has 0 aromatic heterocycles. The average Bonchev–Trinajstić information content (AvgIpc) is 2.50. The molecule has 0 N–H and O–H groups in total. The third-order valence-electron chi connectivity index (χ3n) is 4.40. The van der Waals surface area contributed by atoms with E-state index in [1.807, 2.05) is 0 Å². The van der Waals surface area contributed by atoms with Crippen molar-refractivity contribution in [3.63, 3.8) is 0 Å². The molecule has 2 aliphatic rings. The summed E-state index contributed by atoms with van der Waals surface area (Å²) >= 11 is 0. The molecule has 20 heavy (non-hydrogen) atoms. The normalized spacial score (nSPS) is 26.8. The van der Waals surface area contributed by atoms with Gasteiger partial charge < -0.3 is 4.74 Å². The molecule has 0 amide bonds. The van der Waals surface area contributed by atoms with Gasteiger partial charge in [0, 0.05) is 24.7 Å². The lowest BCUT2D eigenvalue weighted by molar-refractivity contribution is -0.0913. The highest BCUT2D eigenvalue weighted by Crippen LogP contribution is 2.29. The van der Waals surface area contributed by atoms with E-state index in [0.29, 0.717) is 29.8 Å². The molecule has 2 fully saturated rings. The predicted molar refractivity (Wildman–Crippen MR) is 73.5 cm³/mol. The lowest BCUT2D eigenvalue weighted by atomic mass is 9.90. The summed E-state index contributed by atoms with van der Waals surface area (Å²) in [4.78, 5) is 2.33. The molecule has 106 valence electrons. The Labute approximate surface area is 119 Å². The van der Waals surface area contributed by atoms with E-state index in [1.165, 1.54) is 25.0 Å². The van der Waals surface area contributed by atoms with Crippen LogP contribution in [-0.4, -0.2) is 30.2 Å². The van der Waals surface area contributed by atoms with Gasteiger partial charge in [-0.25, -0.2) is 4.39 Å². The molecule has 1 saturated heterocycles. The van der Waals surface area contributed by atoms with Crippen molar-refractivity contribution in [2.45, 2.75) is 44.4 Å². The van der Waals surface area contributed by atoms with Crippen LogP contribution in [0, 0.1) is 17.1 Å². The highest BCUT2D eigenvalue weighted by atomic mass is 19.1. The molecule has 1 aliphatic carbocycles. The first kappa shape index (κ1) is 13.5. The molecular formula is C16H19FN2O. The number of ether oxygens (including phenoxy) is 1. The molecule has 1 aromatic carbocycles. The Morgan fingerprint density at radius 2 is 2.20 bits per heavy atom. The first-order valence-corrected chi connectivity index (χ1v) is 7.32. The van der Waals surface area contributed by atoms with Gasteiger partial charge in [-0.2, -0.15) is 5.26 Å². The minimum atomic E-state index is -0.220. The fraction of sp³-hybridized carbons (Fsp3) is 0.562. The second-order valence-electron chi connectivity index (χ2n) is 5.65. The van der Waals surface area contributed by atoms with E-state index in [2.05, 4.69) is 11.0 Å². The molecule has 0 bridgehead atoms. The molecular weight excluding hydrogens is 255 g/mol. The second-order valence-corrected chi connectivity index (χ2v) is 5.65. The zero-order valence-electron chi connectivity index (χ0n) is 11.5. The zero-order valence-corrected chi connectivity index (χ0v) is 11.5. The Balaban J connectivity index is 1.78. The van der Waals surface area contributed by atoms with Gasteiger partial charge in [0.25, 0.3) is 0 Å². The predicted octanol–water partition coefficient (Wildman–Crippen LogP) is 2.84. The van der Waals surface area contributed by atoms with Crippen LogP contribution < -0.4 is 0 Å². The third kappa shape index (κ3) is 2.70. The van der Waals surface area contributed by atoms with Crippen LogP contribution in [0.5, 0.6) is 0 Å². The SMILES string of the molecule is N#Cc1ccc(F)c(CN2CCO[C@@H]3CCCC[C@@H]32)c1. The summed E-state index contributed by atoms with van der Waals surface area (Å²) < 4.78 is 19.8. The minimum Gasteiger partial charge on any atom is -0.375 e. The van der Waals surface area contributed by atoms with E-state index in [9.17, 15) is 4.39 Å². The van der Waals surface area contributed by atoms with Crippen molar-refractivity contribution in [3.05, 3.63) is 35.1 Å². The summed E-state index contributed by atoms with van der Waals surface area (Å²) in [5, 5.41) is 8.94. The quantitative estimate of drug-likeness (QED) is 0.832. The molecule has 0 radical (unpaired) electrons. The third-order valence-corrected chi connectivity index (χ3v) is 4.40. The Morgan fingerprint density at radius 1 is 1.35 bits per heavy atom. The molecule has 3 nitrogen and oxygen atoms in total. The number of hydrogen-bond donors (Lipinski definition) is 0. The Bertz CT molecular complexity index is 524. The maximum Gasteiger partial charge on any atom is 0.127 e. The number of morpholine rings is 1. The van der Waals surface area contributed by atoms with Gasteiger partial charge in [0.05, 0.1) is 24.3 Å². The van der Waals surface area contributed by atoms with Crippen molar-refractivity contribution in [1.82, 2.24) is 4.90 Å². The fourth-order valence-corrected chi connectivity index (χ4v) is 3.36. The second kappa shape index (κ2) is 5.90. The van der Waals surface area contributed by atoms with Crippen LogP contribution in [-0.2, 0) is 11.3 Å². The standard InChI is InChI=1S/C16H19FN2O/c17-14-6-5-12(10-18)9-13(14)11-19-7-8-20-16-4-2-1-3-15(16)19/h5-6,9,15-16H,1-4,7-8,11H2/t15-,16+/m0/s1. The summed E-state index contributed by atoms with van der Waals surface area (Å²) in [5.41, 5.74) is 1.14. The number of rotatable bonds is 2. The van der Waals surface area contributed by atoms with Crippen LogP contribution in [0.1, 0.15) is 36.8 Å². The summed E-state index contributed by atoms with van der Waals surface area (Å²) in [6, 6.07) is 7.08. The highest BCUT2D eigenvalue weighted by Gasteiger charge is 2.34. The van der Waals surface area contributed by atoms with E-state index in [4.69, 9.17) is 10.00 Å². The molecule has 0 spiro atoms. The Kier molecular flexibility index (Phi) is 4.00. The minimum absolute atomic E-state index is 0.220. The van der Waals surface area contributed by atoms with Crippen LogP contribution in [0.4, 0.5) is 4.39 Å². The average molecular weight is 274 g/mol. The van der Waals surface area contributed by atoms with Gasteiger partial charge in [0.2, 0.25) is 0 Å². The van der Waals surface area contributed by atoms with E-state index in [0.717, 1.165) is 26.0 Å². The lowest BCUT2D eigenvalue weighted by Crippen LogP contribution is -2.52.